The Morgan fingerprint density at radius 3 is 2.90 bits per heavy atom. The molecule has 0 spiro atoms. The molecule has 5 rings (SSSR count). The SMILES string of the molecule is CC(Sc1nnc(Nc2cccc(F)c2)s1)c1nc2scc(-c3cccs3)c2c(=O)[nH]1. The smallest absolute Gasteiger partial charge is 0.260 e. The standard InChI is InChI=1S/C20H14FN5OS4/c1-10(30-20-26-25-19(31-20)22-12-5-2-4-11(21)8-12)16-23-17(27)15-13(9-29-18(15)24-16)14-6-3-7-28-14/h2-10H,1H3,(H,22,25)(H,23,24,27). The molecule has 0 aliphatic carbocycles. The molecule has 1 aromatic carbocycles. The molecule has 0 radical (unpaired) electrons. The number of hydrogen-bond acceptors (Lipinski definition) is 9. The van der Waals surface area contributed by atoms with Crippen LogP contribution in [0, 0.1) is 5.82 Å². The van der Waals surface area contributed by atoms with Gasteiger partial charge in [-0.1, -0.05) is 35.2 Å². The molecule has 0 aliphatic heterocycles. The van der Waals surface area contributed by atoms with E-state index in [0.29, 0.717) is 22.0 Å². The number of fused-ring (bicyclic) bond motifs is 1. The highest BCUT2D eigenvalue weighted by Gasteiger charge is 2.18. The molecule has 31 heavy (non-hydrogen) atoms. The van der Waals surface area contributed by atoms with Crippen molar-refractivity contribution in [3.8, 4) is 10.4 Å². The summed E-state index contributed by atoms with van der Waals surface area (Å²) in [6.45, 7) is 1.96. The predicted octanol–water partition coefficient (Wildman–Crippen LogP) is 6.30. The molecule has 1 unspecified atom stereocenters. The van der Waals surface area contributed by atoms with Crippen LogP contribution >= 0.6 is 45.8 Å². The number of hydrogen-bond donors (Lipinski definition) is 2. The lowest BCUT2D eigenvalue weighted by Crippen LogP contribution is -2.12. The van der Waals surface area contributed by atoms with Gasteiger partial charge in [-0.3, -0.25) is 4.79 Å². The number of nitrogens with zero attached hydrogens (tertiary/aromatic N) is 3. The number of thiophene rings is 2. The zero-order chi connectivity index (χ0) is 21.4. The van der Waals surface area contributed by atoms with Crippen molar-refractivity contribution < 1.29 is 4.39 Å². The van der Waals surface area contributed by atoms with Crippen molar-refractivity contribution in [1.82, 2.24) is 20.2 Å². The fourth-order valence-corrected chi connectivity index (χ4v) is 6.72. The Labute approximate surface area is 192 Å². The van der Waals surface area contributed by atoms with Crippen LogP contribution in [0.3, 0.4) is 0 Å². The molecule has 1 atom stereocenters. The van der Waals surface area contributed by atoms with Crippen LogP contribution in [0.4, 0.5) is 15.2 Å². The van der Waals surface area contributed by atoms with Crippen LogP contribution in [0.15, 0.2) is 56.3 Å². The van der Waals surface area contributed by atoms with Gasteiger partial charge in [-0.2, -0.15) is 0 Å². The Kier molecular flexibility index (Phi) is 5.57. The van der Waals surface area contributed by atoms with E-state index in [1.165, 1.54) is 46.6 Å². The van der Waals surface area contributed by atoms with Crippen LogP contribution in [0.5, 0.6) is 0 Å². The van der Waals surface area contributed by atoms with E-state index in [9.17, 15) is 9.18 Å². The Hall–Kier alpha value is -2.60. The summed E-state index contributed by atoms with van der Waals surface area (Å²) in [6, 6.07) is 10.1. The van der Waals surface area contributed by atoms with Gasteiger partial charge in [-0.05, 0) is 36.6 Å². The van der Waals surface area contributed by atoms with E-state index < -0.39 is 0 Å². The maximum Gasteiger partial charge on any atom is 0.260 e. The summed E-state index contributed by atoms with van der Waals surface area (Å²) in [5, 5.41) is 16.4. The maximum atomic E-state index is 13.3. The lowest BCUT2D eigenvalue weighted by atomic mass is 10.2. The van der Waals surface area contributed by atoms with Crippen molar-refractivity contribution in [3.05, 3.63) is 69.2 Å². The van der Waals surface area contributed by atoms with Gasteiger partial charge in [0.2, 0.25) is 5.13 Å². The third kappa shape index (κ3) is 4.26. The van der Waals surface area contributed by atoms with Gasteiger partial charge in [0.05, 0.1) is 10.6 Å². The van der Waals surface area contributed by atoms with Gasteiger partial charge in [0.15, 0.2) is 4.34 Å². The summed E-state index contributed by atoms with van der Waals surface area (Å²) >= 11 is 5.89. The molecular formula is C20H14FN5OS4. The molecule has 6 nitrogen and oxygen atoms in total. The van der Waals surface area contributed by atoms with Gasteiger partial charge in [-0.25, -0.2) is 9.37 Å². The minimum absolute atomic E-state index is 0.126. The molecule has 0 aliphatic rings. The Balaban J connectivity index is 1.35. The van der Waals surface area contributed by atoms with Crippen LogP contribution in [0.1, 0.15) is 18.0 Å². The number of benzene rings is 1. The zero-order valence-corrected chi connectivity index (χ0v) is 19.2. The van der Waals surface area contributed by atoms with Crippen LogP contribution in [-0.2, 0) is 0 Å². The summed E-state index contributed by atoms with van der Waals surface area (Å²) in [5.74, 6) is 0.274. The van der Waals surface area contributed by atoms with Gasteiger partial charge in [0, 0.05) is 21.5 Å². The maximum absolute atomic E-state index is 13.3. The van der Waals surface area contributed by atoms with Crippen LogP contribution in [0.2, 0.25) is 0 Å². The predicted molar refractivity (Wildman–Crippen MR) is 127 cm³/mol. The topological polar surface area (TPSA) is 83.6 Å². The lowest BCUT2D eigenvalue weighted by Gasteiger charge is -2.08. The van der Waals surface area contributed by atoms with Crippen molar-refractivity contribution in [2.75, 3.05) is 5.32 Å². The normalized spacial score (nSPS) is 12.3. The van der Waals surface area contributed by atoms with Crippen molar-refractivity contribution in [2.24, 2.45) is 0 Å². The molecule has 0 amide bonds. The van der Waals surface area contributed by atoms with Gasteiger partial charge >= 0.3 is 0 Å². The van der Waals surface area contributed by atoms with Crippen LogP contribution in [0.25, 0.3) is 20.7 Å². The fourth-order valence-electron chi connectivity index (χ4n) is 2.98. The number of anilines is 2. The highest BCUT2D eigenvalue weighted by Crippen LogP contribution is 2.38. The van der Waals surface area contributed by atoms with Crippen molar-refractivity contribution in [3.63, 3.8) is 0 Å². The minimum atomic E-state index is -0.320. The van der Waals surface area contributed by atoms with Crippen molar-refractivity contribution in [1.29, 1.82) is 0 Å². The summed E-state index contributed by atoms with van der Waals surface area (Å²) in [6.07, 6.45) is 0. The van der Waals surface area contributed by atoms with Crippen molar-refractivity contribution >= 4 is 66.8 Å². The lowest BCUT2D eigenvalue weighted by molar-refractivity contribution is 0.628. The first-order valence-electron chi connectivity index (χ1n) is 9.15. The fraction of sp³-hybridized carbons (Fsp3) is 0.100. The van der Waals surface area contributed by atoms with E-state index in [-0.39, 0.29) is 16.6 Å². The summed E-state index contributed by atoms with van der Waals surface area (Å²) in [7, 11) is 0. The molecule has 0 saturated carbocycles. The molecule has 11 heteroatoms. The third-order valence-electron chi connectivity index (χ3n) is 4.39. The van der Waals surface area contributed by atoms with E-state index in [1.807, 2.05) is 29.8 Å². The van der Waals surface area contributed by atoms with Gasteiger partial charge < -0.3 is 10.3 Å². The first-order chi connectivity index (χ1) is 15.1. The third-order valence-corrected chi connectivity index (χ3v) is 8.20. The van der Waals surface area contributed by atoms with E-state index in [4.69, 9.17) is 4.98 Å². The number of aromatic amines is 1. The second-order valence-corrected chi connectivity index (χ2v) is 10.9. The number of rotatable bonds is 6. The van der Waals surface area contributed by atoms with Crippen LogP contribution in [-0.4, -0.2) is 20.2 Å². The first kappa shape index (κ1) is 20.3. The van der Waals surface area contributed by atoms with E-state index in [0.717, 1.165) is 19.6 Å². The van der Waals surface area contributed by atoms with Crippen molar-refractivity contribution in [2.45, 2.75) is 16.5 Å². The highest BCUT2D eigenvalue weighted by atomic mass is 32.2. The number of H-pyrrole nitrogens is 1. The summed E-state index contributed by atoms with van der Waals surface area (Å²) < 4.78 is 14.1. The summed E-state index contributed by atoms with van der Waals surface area (Å²) in [4.78, 5) is 22.2. The molecule has 0 fully saturated rings. The number of halogens is 1. The molecule has 156 valence electrons. The highest BCUT2D eigenvalue weighted by molar-refractivity contribution is 8.01. The molecule has 0 saturated heterocycles. The van der Waals surface area contributed by atoms with Gasteiger partial charge in [-0.15, -0.1) is 32.9 Å². The van der Waals surface area contributed by atoms with Gasteiger partial charge in [0.1, 0.15) is 16.5 Å². The molecule has 4 aromatic heterocycles. The van der Waals surface area contributed by atoms with Crippen LogP contribution < -0.4 is 10.9 Å². The Morgan fingerprint density at radius 1 is 1.19 bits per heavy atom. The second kappa shape index (κ2) is 8.50. The van der Waals surface area contributed by atoms with E-state index in [2.05, 4.69) is 20.5 Å². The zero-order valence-electron chi connectivity index (χ0n) is 16.0. The van der Waals surface area contributed by atoms with Gasteiger partial charge in [0.25, 0.3) is 5.56 Å². The first-order valence-corrected chi connectivity index (χ1v) is 12.6. The number of nitrogens with one attached hydrogen (secondary N) is 2. The average Bonchev–Trinajstić information content (AvgIpc) is 3.48. The quantitative estimate of drug-likeness (QED) is 0.274. The molecule has 0 bridgehead atoms. The largest absolute Gasteiger partial charge is 0.330 e. The number of aromatic nitrogens is 4. The average molecular weight is 488 g/mol. The second-order valence-electron chi connectivity index (χ2n) is 6.53. The molecule has 4 heterocycles. The van der Waals surface area contributed by atoms with E-state index in [1.54, 1.807) is 23.5 Å². The summed E-state index contributed by atoms with van der Waals surface area (Å²) in [5.41, 5.74) is 1.40. The minimum Gasteiger partial charge on any atom is -0.330 e. The molecular weight excluding hydrogens is 474 g/mol. The Bertz CT molecular complexity index is 1410. The number of thioether (sulfide) groups is 1. The monoisotopic (exact) mass is 487 g/mol. The molecule has 5 aromatic rings. The van der Waals surface area contributed by atoms with E-state index >= 15 is 0 Å². The molecule has 2 N–H and O–H groups in total. The Morgan fingerprint density at radius 2 is 2.10 bits per heavy atom.